The van der Waals surface area contributed by atoms with Crippen molar-refractivity contribution >= 4 is 0 Å². The summed E-state index contributed by atoms with van der Waals surface area (Å²) in [5.41, 5.74) is 1.42. The third kappa shape index (κ3) is 4.45. The van der Waals surface area contributed by atoms with E-state index in [1.54, 1.807) is 0 Å². The van der Waals surface area contributed by atoms with Crippen LogP contribution in [-0.4, -0.2) is 38.2 Å². The zero-order chi connectivity index (χ0) is 15.1. The molecule has 1 aromatic rings. The summed E-state index contributed by atoms with van der Waals surface area (Å²) in [6.45, 7) is 8.42. The van der Waals surface area contributed by atoms with Crippen LogP contribution >= 0.6 is 0 Å². The van der Waals surface area contributed by atoms with E-state index in [0.717, 1.165) is 25.4 Å². The highest BCUT2D eigenvalue weighted by molar-refractivity contribution is 5.30. The van der Waals surface area contributed by atoms with Crippen LogP contribution in [0.15, 0.2) is 24.3 Å². The van der Waals surface area contributed by atoms with Crippen molar-refractivity contribution in [2.24, 2.45) is 5.92 Å². The summed E-state index contributed by atoms with van der Waals surface area (Å²) >= 11 is 0. The molecule has 118 valence electrons. The van der Waals surface area contributed by atoms with Crippen LogP contribution in [0.1, 0.15) is 44.7 Å². The van der Waals surface area contributed by atoms with E-state index >= 15 is 0 Å². The first kappa shape index (κ1) is 16.3. The Bertz CT molecular complexity index is 404. The van der Waals surface area contributed by atoms with Crippen LogP contribution in [0.2, 0.25) is 0 Å². The molecule has 0 radical (unpaired) electrons. The number of hydrogen-bond acceptors (Lipinski definition) is 3. The molecule has 2 atom stereocenters. The molecule has 1 aliphatic heterocycles. The summed E-state index contributed by atoms with van der Waals surface area (Å²) in [6, 6.07) is 9.23. The van der Waals surface area contributed by atoms with Gasteiger partial charge < -0.3 is 10.1 Å². The molecule has 3 heteroatoms. The first-order valence-corrected chi connectivity index (χ1v) is 8.40. The summed E-state index contributed by atoms with van der Waals surface area (Å²) in [6.07, 6.45) is 3.83. The molecule has 1 heterocycles. The lowest BCUT2D eigenvalue weighted by molar-refractivity contribution is 0.119. The molecule has 1 aliphatic rings. The van der Waals surface area contributed by atoms with E-state index < -0.39 is 0 Å². The van der Waals surface area contributed by atoms with Crippen LogP contribution < -0.4 is 10.1 Å². The maximum absolute atomic E-state index is 5.56. The van der Waals surface area contributed by atoms with Gasteiger partial charge in [-0.1, -0.05) is 19.1 Å². The van der Waals surface area contributed by atoms with E-state index in [9.17, 15) is 0 Å². The van der Waals surface area contributed by atoms with Gasteiger partial charge in [-0.15, -0.1) is 0 Å². The van der Waals surface area contributed by atoms with Crippen LogP contribution in [0.4, 0.5) is 0 Å². The van der Waals surface area contributed by atoms with Crippen molar-refractivity contribution in [3.05, 3.63) is 29.8 Å². The van der Waals surface area contributed by atoms with Gasteiger partial charge in [-0.2, -0.15) is 0 Å². The van der Waals surface area contributed by atoms with Crippen LogP contribution in [0.25, 0.3) is 0 Å². The standard InChI is InChI=1S/C18H30N2O/c1-4-12-19-14-16-7-6-13-20(3)18(16)15-8-10-17(11-9-15)21-5-2/h8-11,16,18-19H,4-7,12-14H2,1-3H3. The Morgan fingerprint density at radius 2 is 2.00 bits per heavy atom. The second kappa shape index (κ2) is 8.40. The minimum atomic E-state index is 0.527. The fourth-order valence-corrected chi connectivity index (χ4v) is 3.39. The molecule has 1 fully saturated rings. The van der Waals surface area contributed by atoms with Crippen molar-refractivity contribution in [3.8, 4) is 5.75 Å². The zero-order valence-electron chi connectivity index (χ0n) is 13.8. The van der Waals surface area contributed by atoms with Gasteiger partial charge in [0.2, 0.25) is 0 Å². The van der Waals surface area contributed by atoms with E-state index in [2.05, 4.69) is 48.5 Å². The summed E-state index contributed by atoms with van der Waals surface area (Å²) in [7, 11) is 2.26. The Labute approximate surface area is 129 Å². The van der Waals surface area contributed by atoms with Crippen molar-refractivity contribution in [1.82, 2.24) is 10.2 Å². The van der Waals surface area contributed by atoms with Gasteiger partial charge in [0.15, 0.2) is 0 Å². The van der Waals surface area contributed by atoms with E-state index in [-0.39, 0.29) is 0 Å². The molecule has 3 nitrogen and oxygen atoms in total. The number of nitrogens with one attached hydrogen (secondary N) is 1. The first-order valence-electron chi connectivity index (χ1n) is 8.40. The lowest BCUT2D eigenvalue weighted by Gasteiger charge is -2.40. The molecular weight excluding hydrogens is 260 g/mol. The molecule has 0 aliphatic carbocycles. The Morgan fingerprint density at radius 1 is 1.24 bits per heavy atom. The van der Waals surface area contributed by atoms with Crippen molar-refractivity contribution in [3.63, 3.8) is 0 Å². The number of piperidine rings is 1. The highest BCUT2D eigenvalue weighted by Crippen LogP contribution is 2.35. The summed E-state index contributed by atoms with van der Waals surface area (Å²) < 4.78 is 5.56. The molecule has 0 aromatic heterocycles. The molecule has 0 amide bonds. The second-order valence-corrected chi connectivity index (χ2v) is 6.03. The van der Waals surface area contributed by atoms with Gasteiger partial charge in [0.25, 0.3) is 0 Å². The Balaban J connectivity index is 2.07. The topological polar surface area (TPSA) is 24.5 Å². The van der Waals surface area contributed by atoms with Crippen LogP contribution in [0.5, 0.6) is 5.75 Å². The largest absolute Gasteiger partial charge is 0.494 e. The molecule has 2 unspecified atom stereocenters. The monoisotopic (exact) mass is 290 g/mol. The van der Waals surface area contributed by atoms with Gasteiger partial charge in [-0.05, 0) is 76.5 Å². The number of rotatable bonds is 7. The van der Waals surface area contributed by atoms with E-state index in [0.29, 0.717) is 12.0 Å². The quantitative estimate of drug-likeness (QED) is 0.778. The normalized spacial score (nSPS) is 23.2. The van der Waals surface area contributed by atoms with Crippen LogP contribution in [0.3, 0.4) is 0 Å². The average molecular weight is 290 g/mol. The summed E-state index contributed by atoms with van der Waals surface area (Å²) in [5.74, 6) is 1.67. The molecule has 2 rings (SSSR count). The maximum atomic E-state index is 5.56. The minimum absolute atomic E-state index is 0.527. The van der Waals surface area contributed by atoms with Gasteiger partial charge in [0, 0.05) is 6.04 Å². The molecule has 1 saturated heterocycles. The number of likely N-dealkylation sites (tertiary alicyclic amines) is 1. The van der Waals surface area contributed by atoms with Crippen molar-refractivity contribution < 1.29 is 4.74 Å². The van der Waals surface area contributed by atoms with Gasteiger partial charge in [-0.3, -0.25) is 4.90 Å². The molecule has 0 saturated carbocycles. The molecule has 0 bridgehead atoms. The van der Waals surface area contributed by atoms with Crippen LogP contribution in [-0.2, 0) is 0 Å². The molecule has 1 N–H and O–H groups in total. The predicted octanol–water partition coefficient (Wildman–Crippen LogP) is 3.47. The van der Waals surface area contributed by atoms with E-state index in [1.165, 1.54) is 31.4 Å². The number of nitrogens with zero attached hydrogens (tertiary/aromatic N) is 1. The lowest BCUT2D eigenvalue weighted by atomic mass is 9.85. The molecular formula is C18H30N2O. The molecule has 0 spiro atoms. The van der Waals surface area contributed by atoms with E-state index in [1.807, 2.05) is 6.92 Å². The minimum Gasteiger partial charge on any atom is -0.494 e. The Hall–Kier alpha value is -1.06. The third-order valence-corrected chi connectivity index (χ3v) is 4.37. The zero-order valence-corrected chi connectivity index (χ0v) is 13.8. The summed E-state index contributed by atoms with van der Waals surface area (Å²) in [5, 5.41) is 3.61. The van der Waals surface area contributed by atoms with Crippen molar-refractivity contribution in [1.29, 1.82) is 0 Å². The Morgan fingerprint density at radius 3 is 2.67 bits per heavy atom. The van der Waals surface area contributed by atoms with Gasteiger partial charge >= 0.3 is 0 Å². The van der Waals surface area contributed by atoms with Crippen molar-refractivity contribution in [2.75, 3.05) is 33.3 Å². The fraction of sp³-hybridized carbons (Fsp3) is 0.667. The third-order valence-electron chi connectivity index (χ3n) is 4.37. The van der Waals surface area contributed by atoms with Crippen molar-refractivity contribution in [2.45, 2.75) is 39.2 Å². The van der Waals surface area contributed by atoms with Gasteiger partial charge in [-0.25, -0.2) is 0 Å². The number of hydrogen-bond donors (Lipinski definition) is 1. The fourth-order valence-electron chi connectivity index (χ4n) is 3.39. The highest BCUT2D eigenvalue weighted by Gasteiger charge is 2.30. The number of benzene rings is 1. The van der Waals surface area contributed by atoms with Gasteiger partial charge in [0.05, 0.1) is 6.61 Å². The lowest BCUT2D eigenvalue weighted by Crippen LogP contribution is -2.40. The summed E-state index contributed by atoms with van der Waals surface area (Å²) in [4.78, 5) is 2.51. The predicted molar refractivity (Wildman–Crippen MR) is 88.9 cm³/mol. The Kier molecular flexibility index (Phi) is 6.52. The molecule has 1 aromatic carbocycles. The molecule has 21 heavy (non-hydrogen) atoms. The second-order valence-electron chi connectivity index (χ2n) is 6.03. The van der Waals surface area contributed by atoms with Crippen LogP contribution in [0, 0.1) is 5.92 Å². The smallest absolute Gasteiger partial charge is 0.119 e. The maximum Gasteiger partial charge on any atom is 0.119 e. The number of ether oxygens (including phenoxy) is 1. The van der Waals surface area contributed by atoms with Gasteiger partial charge in [0.1, 0.15) is 5.75 Å². The van der Waals surface area contributed by atoms with E-state index in [4.69, 9.17) is 4.74 Å². The highest BCUT2D eigenvalue weighted by atomic mass is 16.5. The average Bonchev–Trinajstić information content (AvgIpc) is 2.49. The first-order chi connectivity index (χ1) is 10.3. The SMILES string of the molecule is CCCNCC1CCCN(C)C1c1ccc(OCC)cc1.